The van der Waals surface area contributed by atoms with Crippen molar-refractivity contribution in [2.24, 2.45) is 0 Å². The van der Waals surface area contributed by atoms with Gasteiger partial charge in [0, 0.05) is 13.1 Å². The van der Waals surface area contributed by atoms with E-state index in [2.05, 4.69) is 9.97 Å². The summed E-state index contributed by atoms with van der Waals surface area (Å²) < 4.78 is 3.14. The Bertz CT molecular complexity index is 682. The normalized spacial score (nSPS) is 10.8. The number of nitrogen functional groups attached to an aromatic ring is 1. The molecule has 2 rings (SSSR count). The molecule has 2 aromatic heterocycles. The van der Waals surface area contributed by atoms with Crippen molar-refractivity contribution in [3.8, 4) is 0 Å². The zero-order valence-electron chi connectivity index (χ0n) is 11.9. The Morgan fingerprint density at radius 3 is 2.81 bits per heavy atom. The van der Waals surface area contributed by atoms with Crippen LogP contribution < -0.4 is 10.3 Å². The third-order valence-electron chi connectivity index (χ3n) is 3.22. The number of aliphatic hydroxyl groups is 1. The number of aromatic nitrogens is 4. The van der Waals surface area contributed by atoms with Crippen molar-refractivity contribution in [3.63, 3.8) is 0 Å². The van der Waals surface area contributed by atoms with Gasteiger partial charge in [-0.2, -0.15) is 4.57 Å². The zero-order chi connectivity index (χ0) is 15.6. The molecule has 3 N–H and O–H groups in total. The molecule has 0 radical (unpaired) electrons. The zero-order valence-corrected chi connectivity index (χ0v) is 11.9. The minimum atomic E-state index is -0.478. The lowest BCUT2D eigenvalue weighted by atomic mass is 10.3. The largest absolute Gasteiger partial charge is 0.392 e. The smallest absolute Gasteiger partial charge is 0.365 e. The molecule has 0 bridgehead atoms. The van der Waals surface area contributed by atoms with Gasteiger partial charge in [0.05, 0.1) is 12.2 Å². The van der Waals surface area contributed by atoms with Crippen LogP contribution in [-0.4, -0.2) is 31.2 Å². The number of nitro groups is 1. The molecule has 0 spiro atoms. The highest BCUT2D eigenvalue weighted by atomic mass is 16.6. The average molecular weight is 293 g/mol. The lowest BCUT2D eigenvalue weighted by Gasteiger charge is -2.03. The Morgan fingerprint density at radius 1 is 1.52 bits per heavy atom. The van der Waals surface area contributed by atoms with E-state index in [0.717, 1.165) is 0 Å². The van der Waals surface area contributed by atoms with Gasteiger partial charge in [-0.3, -0.25) is 0 Å². The van der Waals surface area contributed by atoms with Gasteiger partial charge in [0.1, 0.15) is 24.7 Å². The van der Waals surface area contributed by atoms with Gasteiger partial charge in [0.15, 0.2) is 6.20 Å². The van der Waals surface area contributed by atoms with Crippen LogP contribution in [0, 0.1) is 24.0 Å². The summed E-state index contributed by atoms with van der Waals surface area (Å²) in [7, 11) is 0. The second-order valence-corrected chi connectivity index (χ2v) is 4.62. The Hall–Kier alpha value is -2.55. The number of anilines is 1. The van der Waals surface area contributed by atoms with Gasteiger partial charge in [0.2, 0.25) is 0 Å². The Balaban J connectivity index is 2.40. The van der Waals surface area contributed by atoms with E-state index < -0.39 is 4.92 Å². The van der Waals surface area contributed by atoms with Gasteiger partial charge >= 0.3 is 5.82 Å². The SMILES string of the molecule is Cc1ncc(C[n+]2cc([N+](=O)[O-])n(CCO)c2C)c(N)n1. The van der Waals surface area contributed by atoms with Gasteiger partial charge in [-0.15, -0.1) is 0 Å². The standard InChI is InChI=1S/C12H17N6O3/c1-8-14-5-10(12(13)15-8)6-16-7-11(18(20)21)17(3-4-19)9(16)2/h5,7,19H,3-4,6H2,1-2H3,(H2,13,14,15)/q+1. The van der Waals surface area contributed by atoms with Crippen LogP contribution in [0.5, 0.6) is 0 Å². The van der Waals surface area contributed by atoms with Gasteiger partial charge in [-0.05, 0) is 11.8 Å². The molecule has 0 aliphatic carbocycles. The first-order valence-electron chi connectivity index (χ1n) is 6.37. The van der Waals surface area contributed by atoms with Crippen LogP contribution in [0.1, 0.15) is 17.2 Å². The fourth-order valence-electron chi connectivity index (χ4n) is 2.12. The summed E-state index contributed by atoms with van der Waals surface area (Å²) in [6.07, 6.45) is 3.03. The first-order chi connectivity index (χ1) is 9.93. The number of aryl methyl sites for hydroxylation is 1. The molecule has 21 heavy (non-hydrogen) atoms. The summed E-state index contributed by atoms with van der Waals surface area (Å²) in [6, 6.07) is 0. The summed E-state index contributed by atoms with van der Waals surface area (Å²) in [5.74, 6) is 1.50. The maximum absolute atomic E-state index is 11.1. The van der Waals surface area contributed by atoms with Crippen molar-refractivity contribution in [1.82, 2.24) is 14.5 Å². The molecule has 0 saturated carbocycles. The molecule has 2 aromatic rings. The van der Waals surface area contributed by atoms with E-state index in [4.69, 9.17) is 10.8 Å². The number of hydrogen-bond donors (Lipinski definition) is 2. The second-order valence-electron chi connectivity index (χ2n) is 4.62. The lowest BCUT2D eigenvalue weighted by Crippen LogP contribution is -2.36. The quantitative estimate of drug-likeness (QED) is 0.443. The number of rotatable bonds is 5. The highest BCUT2D eigenvalue weighted by molar-refractivity contribution is 5.36. The highest BCUT2D eigenvalue weighted by Crippen LogP contribution is 2.14. The van der Waals surface area contributed by atoms with Crippen LogP contribution in [-0.2, 0) is 13.1 Å². The van der Waals surface area contributed by atoms with Crippen LogP contribution in [0.25, 0.3) is 0 Å². The summed E-state index contributed by atoms with van der Waals surface area (Å²) in [5.41, 5.74) is 6.52. The number of aliphatic hydroxyl groups excluding tert-OH is 1. The van der Waals surface area contributed by atoms with Crippen molar-refractivity contribution < 1.29 is 14.6 Å². The summed E-state index contributed by atoms with van der Waals surface area (Å²) in [5, 5.41) is 20.1. The number of imidazole rings is 1. The first-order valence-corrected chi connectivity index (χ1v) is 6.37. The Morgan fingerprint density at radius 2 is 2.24 bits per heavy atom. The van der Waals surface area contributed by atoms with Crippen LogP contribution in [0.4, 0.5) is 11.6 Å². The Labute approximate surface area is 120 Å². The maximum atomic E-state index is 11.1. The van der Waals surface area contributed by atoms with Crippen molar-refractivity contribution in [2.45, 2.75) is 26.9 Å². The number of hydrogen-bond acceptors (Lipinski definition) is 6. The van der Waals surface area contributed by atoms with E-state index in [1.165, 1.54) is 10.8 Å². The summed E-state index contributed by atoms with van der Waals surface area (Å²) in [6.45, 7) is 3.80. The van der Waals surface area contributed by atoms with Crippen LogP contribution in [0.3, 0.4) is 0 Å². The fourth-order valence-corrected chi connectivity index (χ4v) is 2.12. The van der Waals surface area contributed by atoms with E-state index in [0.29, 0.717) is 29.6 Å². The first kappa shape index (κ1) is 14.9. The summed E-state index contributed by atoms with van der Waals surface area (Å²) in [4.78, 5) is 18.7. The predicted octanol–water partition coefficient (Wildman–Crippen LogP) is -0.287. The van der Waals surface area contributed by atoms with Crippen LogP contribution >= 0.6 is 0 Å². The lowest BCUT2D eigenvalue weighted by molar-refractivity contribution is -0.694. The third-order valence-corrected chi connectivity index (χ3v) is 3.22. The predicted molar refractivity (Wildman–Crippen MR) is 73.4 cm³/mol. The molecular formula is C12H17N6O3+. The van der Waals surface area contributed by atoms with Crippen molar-refractivity contribution in [2.75, 3.05) is 12.3 Å². The van der Waals surface area contributed by atoms with Gasteiger partial charge in [0.25, 0.3) is 5.82 Å². The van der Waals surface area contributed by atoms with Crippen LogP contribution in [0.2, 0.25) is 0 Å². The molecule has 0 aliphatic rings. The molecule has 0 aromatic carbocycles. The molecule has 112 valence electrons. The molecule has 9 heteroatoms. The van der Waals surface area contributed by atoms with Gasteiger partial charge in [-0.25, -0.2) is 14.5 Å². The van der Waals surface area contributed by atoms with Crippen LogP contribution in [0.15, 0.2) is 12.4 Å². The molecule has 0 saturated heterocycles. The molecular weight excluding hydrogens is 276 g/mol. The van der Waals surface area contributed by atoms with E-state index in [9.17, 15) is 10.1 Å². The monoisotopic (exact) mass is 293 g/mol. The maximum Gasteiger partial charge on any atom is 0.365 e. The second kappa shape index (κ2) is 5.83. The number of nitrogens with zero attached hydrogens (tertiary/aromatic N) is 5. The van der Waals surface area contributed by atoms with E-state index in [-0.39, 0.29) is 19.0 Å². The van der Waals surface area contributed by atoms with Gasteiger partial charge < -0.3 is 21.0 Å². The molecule has 0 fully saturated rings. The third kappa shape index (κ3) is 2.97. The molecule has 0 amide bonds. The number of nitrogens with two attached hydrogens (primary N) is 1. The van der Waals surface area contributed by atoms with E-state index >= 15 is 0 Å². The average Bonchev–Trinajstić information content (AvgIpc) is 2.72. The molecule has 2 heterocycles. The van der Waals surface area contributed by atoms with Crippen molar-refractivity contribution >= 4 is 11.6 Å². The van der Waals surface area contributed by atoms with Crippen molar-refractivity contribution in [3.05, 3.63) is 39.7 Å². The summed E-state index contributed by atoms with van der Waals surface area (Å²) >= 11 is 0. The topological polar surface area (TPSA) is 124 Å². The molecule has 0 unspecified atom stereocenters. The van der Waals surface area contributed by atoms with Crippen molar-refractivity contribution in [1.29, 1.82) is 0 Å². The van der Waals surface area contributed by atoms with E-state index in [1.54, 1.807) is 24.6 Å². The minimum Gasteiger partial charge on any atom is -0.392 e. The van der Waals surface area contributed by atoms with E-state index in [1.807, 2.05) is 0 Å². The molecule has 0 atom stereocenters. The minimum absolute atomic E-state index is 0.0758. The highest BCUT2D eigenvalue weighted by Gasteiger charge is 2.24. The fraction of sp³-hybridized carbons (Fsp3) is 0.417. The Kier molecular flexibility index (Phi) is 4.13. The van der Waals surface area contributed by atoms with Gasteiger partial charge in [-0.1, -0.05) is 0 Å². The molecule has 9 nitrogen and oxygen atoms in total. The molecule has 0 aliphatic heterocycles.